The number of benzene rings is 1. The van der Waals surface area contributed by atoms with Gasteiger partial charge in [-0.2, -0.15) is 0 Å². The maximum Gasteiger partial charge on any atom is 0.224 e. The van der Waals surface area contributed by atoms with E-state index in [1.54, 1.807) is 24.3 Å². The Hall–Kier alpha value is -1.11. The number of fused-ring (bicyclic) bond motifs is 2. The van der Waals surface area contributed by atoms with Crippen LogP contribution < -0.4 is 5.32 Å². The van der Waals surface area contributed by atoms with E-state index in [2.05, 4.69) is 5.32 Å². The monoisotopic (exact) mass is 410 g/mol. The molecule has 4 unspecified atom stereocenters. The highest BCUT2D eigenvalue weighted by molar-refractivity contribution is 7.88. The van der Waals surface area contributed by atoms with Gasteiger partial charge >= 0.3 is 0 Å². The molecule has 1 aliphatic heterocycles. The largest absolute Gasteiger partial charge is 0.353 e. The van der Waals surface area contributed by atoms with Gasteiger partial charge in [0, 0.05) is 24.2 Å². The number of amides is 1. The number of hydrogen-bond acceptors (Lipinski definition) is 3. The standard InChI is InChI=1S/C20H27ClN2O3S/c21-18-6-2-1-4-17(18)13-27(25,26)23-9-3-5-16(12-23)20(24)22-19-11-14-7-8-15(19)10-14/h1-2,4,6,14-16,19H,3,5,7-13H2,(H,22,24). The summed E-state index contributed by atoms with van der Waals surface area (Å²) in [6.07, 6.45) is 6.33. The summed E-state index contributed by atoms with van der Waals surface area (Å²) < 4.78 is 27.2. The quantitative estimate of drug-likeness (QED) is 0.810. The minimum absolute atomic E-state index is 0.0326. The van der Waals surface area contributed by atoms with Crippen molar-refractivity contribution in [3.8, 4) is 0 Å². The predicted molar refractivity (Wildman–Crippen MR) is 106 cm³/mol. The molecule has 1 aromatic carbocycles. The van der Waals surface area contributed by atoms with Crippen LogP contribution in [0.5, 0.6) is 0 Å². The van der Waals surface area contributed by atoms with Crippen LogP contribution in [0.4, 0.5) is 0 Å². The molecule has 5 nitrogen and oxygen atoms in total. The van der Waals surface area contributed by atoms with Gasteiger partial charge in [0.05, 0.1) is 11.7 Å². The lowest BCUT2D eigenvalue weighted by atomic mass is 9.93. The van der Waals surface area contributed by atoms with Gasteiger partial charge in [0.25, 0.3) is 0 Å². The van der Waals surface area contributed by atoms with Gasteiger partial charge in [-0.05, 0) is 55.6 Å². The molecule has 3 fully saturated rings. The van der Waals surface area contributed by atoms with Crippen molar-refractivity contribution >= 4 is 27.5 Å². The van der Waals surface area contributed by atoms with Crippen LogP contribution in [-0.4, -0.2) is 37.8 Å². The molecule has 0 aromatic heterocycles. The highest BCUT2D eigenvalue weighted by atomic mass is 35.5. The molecule has 0 spiro atoms. The first kappa shape index (κ1) is 19.2. The summed E-state index contributed by atoms with van der Waals surface area (Å²) in [6, 6.07) is 7.32. The van der Waals surface area contributed by atoms with E-state index in [1.807, 2.05) is 0 Å². The lowest BCUT2D eigenvalue weighted by Crippen LogP contribution is -2.48. The molecule has 7 heteroatoms. The molecular formula is C20H27ClN2O3S. The molecule has 2 saturated carbocycles. The average molecular weight is 411 g/mol. The Kier molecular flexibility index (Phi) is 5.50. The number of nitrogens with one attached hydrogen (secondary N) is 1. The Morgan fingerprint density at radius 1 is 1.19 bits per heavy atom. The number of nitrogens with zero attached hydrogens (tertiary/aromatic N) is 1. The van der Waals surface area contributed by atoms with Crippen LogP contribution in [0.15, 0.2) is 24.3 Å². The number of rotatable bonds is 5. The number of carbonyl (C=O) groups is 1. The molecule has 1 heterocycles. The molecular weight excluding hydrogens is 384 g/mol. The van der Waals surface area contributed by atoms with Crippen molar-refractivity contribution in [1.29, 1.82) is 0 Å². The van der Waals surface area contributed by atoms with Crippen molar-refractivity contribution in [3.63, 3.8) is 0 Å². The van der Waals surface area contributed by atoms with Crippen molar-refractivity contribution in [3.05, 3.63) is 34.9 Å². The van der Waals surface area contributed by atoms with Crippen LogP contribution in [0, 0.1) is 17.8 Å². The molecule has 27 heavy (non-hydrogen) atoms. The summed E-state index contributed by atoms with van der Waals surface area (Å²) in [4.78, 5) is 12.8. The van der Waals surface area contributed by atoms with E-state index in [0.29, 0.717) is 29.1 Å². The minimum atomic E-state index is -3.49. The van der Waals surface area contributed by atoms with Gasteiger partial charge in [-0.25, -0.2) is 12.7 Å². The molecule has 1 aromatic rings. The molecule has 4 rings (SSSR count). The predicted octanol–water partition coefficient (Wildman–Crippen LogP) is 3.19. The second-order valence-electron chi connectivity index (χ2n) is 8.33. The first-order valence-electron chi connectivity index (χ1n) is 9.94. The average Bonchev–Trinajstić information content (AvgIpc) is 3.27. The molecule has 3 aliphatic rings. The molecule has 1 amide bonds. The lowest BCUT2D eigenvalue weighted by Gasteiger charge is -2.33. The Bertz CT molecular complexity index is 813. The highest BCUT2D eigenvalue weighted by Gasteiger charge is 2.41. The van der Waals surface area contributed by atoms with Crippen molar-refractivity contribution in [1.82, 2.24) is 9.62 Å². The number of hydrogen-bond donors (Lipinski definition) is 1. The minimum Gasteiger partial charge on any atom is -0.353 e. The van der Waals surface area contributed by atoms with Crippen molar-refractivity contribution in [2.75, 3.05) is 13.1 Å². The summed E-state index contributed by atoms with van der Waals surface area (Å²) in [6.45, 7) is 0.754. The Labute approximate surface area is 166 Å². The van der Waals surface area contributed by atoms with Crippen LogP contribution in [0.3, 0.4) is 0 Å². The zero-order chi connectivity index (χ0) is 19.0. The number of carbonyl (C=O) groups excluding carboxylic acids is 1. The van der Waals surface area contributed by atoms with Crippen molar-refractivity contribution < 1.29 is 13.2 Å². The maximum absolute atomic E-state index is 12.9. The van der Waals surface area contributed by atoms with Crippen molar-refractivity contribution in [2.24, 2.45) is 17.8 Å². The Balaban J connectivity index is 1.38. The van der Waals surface area contributed by atoms with Gasteiger partial charge in [0.15, 0.2) is 0 Å². The lowest BCUT2D eigenvalue weighted by molar-refractivity contribution is -0.127. The first-order valence-corrected chi connectivity index (χ1v) is 11.9. The van der Waals surface area contributed by atoms with Gasteiger partial charge in [0.2, 0.25) is 15.9 Å². The molecule has 2 bridgehead atoms. The fraction of sp³-hybridized carbons (Fsp3) is 0.650. The van der Waals surface area contributed by atoms with E-state index in [4.69, 9.17) is 11.6 Å². The maximum atomic E-state index is 12.9. The topological polar surface area (TPSA) is 66.5 Å². The third kappa shape index (κ3) is 4.17. The number of sulfonamides is 1. The van der Waals surface area contributed by atoms with Gasteiger partial charge in [-0.15, -0.1) is 0 Å². The second kappa shape index (κ2) is 7.72. The fourth-order valence-corrected chi connectivity index (χ4v) is 6.96. The zero-order valence-corrected chi connectivity index (χ0v) is 17.0. The summed E-state index contributed by atoms with van der Waals surface area (Å²) in [5, 5.41) is 3.69. The molecule has 2 aliphatic carbocycles. The van der Waals surface area contributed by atoms with Gasteiger partial charge in [-0.1, -0.05) is 36.2 Å². The van der Waals surface area contributed by atoms with Gasteiger partial charge in [-0.3, -0.25) is 4.79 Å². The molecule has 0 radical (unpaired) electrons. The van der Waals surface area contributed by atoms with Crippen LogP contribution in [0.2, 0.25) is 5.02 Å². The van der Waals surface area contributed by atoms with E-state index in [-0.39, 0.29) is 24.1 Å². The van der Waals surface area contributed by atoms with E-state index < -0.39 is 10.0 Å². The number of piperidine rings is 1. The third-order valence-electron chi connectivity index (χ3n) is 6.51. The Morgan fingerprint density at radius 2 is 2.00 bits per heavy atom. The zero-order valence-electron chi connectivity index (χ0n) is 15.4. The van der Waals surface area contributed by atoms with Gasteiger partial charge < -0.3 is 5.32 Å². The number of halogens is 1. The normalized spacial score (nSPS) is 31.1. The van der Waals surface area contributed by atoms with Crippen LogP contribution >= 0.6 is 11.6 Å². The molecule has 148 valence electrons. The molecule has 1 N–H and O–H groups in total. The van der Waals surface area contributed by atoms with Crippen LogP contribution in [0.1, 0.15) is 44.1 Å². The van der Waals surface area contributed by atoms with Crippen LogP contribution in [0.25, 0.3) is 0 Å². The smallest absolute Gasteiger partial charge is 0.224 e. The molecule has 4 atom stereocenters. The van der Waals surface area contributed by atoms with Gasteiger partial charge in [0.1, 0.15) is 0 Å². The third-order valence-corrected chi connectivity index (χ3v) is 8.67. The first-order chi connectivity index (χ1) is 12.9. The summed E-state index contributed by atoms with van der Waals surface area (Å²) >= 11 is 6.13. The van der Waals surface area contributed by atoms with E-state index in [1.165, 1.54) is 23.6 Å². The van der Waals surface area contributed by atoms with Crippen molar-refractivity contribution in [2.45, 2.75) is 50.3 Å². The van der Waals surface area contributed by atoms with E-state index >= 15 is 0 Å². The highest BCUT2D eigenvalue weighted by Crippen LogP contribution is 2.44. The second-order valence-corrected chi connectivity index (χ2v) is 10.7. The van der Waals surface area contributed by atoms with Crippen LogP contribution in [-0.2, 0) is 20.6 Å². The summed E-state index contributed by atoms with van der Waals surface area (Å²) in [5.41, 5.74) is 0.604. The Morgan fingerprint density at radius 3 is 2.70 bits per heavy atom. The SMILES string of the molecule is O=C(NC1CC2CCC1C2)C1CCCN(S(=O)(=O)Cc2ccccc2Cl)C1. The van der Waals surface area contributed by atoms with E-state index in [0.717, 1.165) is 25.2 Å². The fourth-order valence-electron chi connectivity index (χ4n) is 5.03. The van der Waals surface area contributed by atoms with E-state index in [9.17, 15) is 13.2 Å². The summed E-state index contributed by atoms with van der Waals surface area (Å²) in [7, 11) is -3.49. The molecule has 1 saturated heterocycles. The summed E-state index contributed by atoms with van der Waals surface area (Å²) in [5.74, 6) is 1.07.